The summed E-state index contributed by atoms with van der Waals surface area (Å²) in [6, 6.07) is 0. The predicted octanol–water partition coefficient (Wildman–Crippen LogP) is 7.47. The standard InChI is InChI=1S/C19H36.C2H6/c1-17(2)11-7-15(8-12-17)19(5,6)16-9-13-18(3,4)14-10-16;1-2/h15-16H,7-14H2,1-6H3;1-2H3. The van der Waals surface area contributed by atoms with Crippen molar-refractivity contribution in [2.45, 2.75) is 107 Å². The fourth-order valence-corrected chi connectivity index (χ4v) is 4.62. The van der Waals surface area contributed by atoms with Gasteiger partial charge in [0.2, 0.25) is 0 Å². The van der Waals surface area contributed by atoms with E-state index in [0.717, 1.165) is 11.8 Å². The molecular weight excluding hydrogens is 252 g/mol. The van der Waals surface area contributed by atoms with E-state index in [0.29, 0.717) is 16.2 Å². The van der Waals surface area contributed by atoms with Gasteiger partial charge in [-0.2, -0.15) is 0 Å². The second-order valence-corrected chi connectivity index (χ2v) is 9.70. The highest BCUT2D eigenvalue weighted by molar-refractivity contribution is 4.93. The minimum absolute atomic E-state index is 0.576. The van der Waals surface area contributed by atoms with Crippen LogP contribution in [-0.2, 0) is 0 Å². The van der Waals surface area contributed by atoms with Gasteiger partial charge in [0, 0.05) is 0 Å². The van der Waals surface area contributed by atoms with Gasteiger partial charge in [-0.05, 0) is 79.4 Å². The summed E-state index contributed by atoms with van der Waals surface area (Å²) in [7, 11) is 0. The van der Waals surface area contributed by atoms with Gasteiger partial charge in [0.15, 0.2) is 0 Å². The molecule has 0 N–H and O–H groups in total. The Bertz CT molecular complexity index is 258. The van der Waals surface area contributed by atoms with E-state index >= 15 is 0 Å². The molecule has 0 aromatic heterocycles. The van der Waals surface area contributed by atoms with Gasteiger partial charge in [-0.25, -0.2) is 0 Å². The molecular formula is C21H42. The molecule has 126 valence electrons. The zero-order valence-electron chi connectivity index (χ0n) is 16.3. The largest absolute Gasteiger partial charge is 0.0683 e. The van der Waals surface area contributed by atoms with Gasteiger partial charge >= 0.3 is 0 Å². The third kappa shape index (κ3) is 5.00. The number of hydrogen-bond donors (Lipinski definition) is 0. The van der Waals surface area contributed by atoms with Crippen molar-refractivity contribution >= 4 is 0 Å². The molecule has 2 aliphatic rings. The molecule has 0 amide bonds. The SMILES string of the molecule is CC.CC1(C)CCC(C(C)(C)C2CCC(C)(C)CC2)CC1. The smallest absolute Gasteiger partial charge is 0.0298 e. The summed E-state index contributed by atoms with van der Waals surface area (Å²) < 4.78 is 0. The maximum Gasteiger partial charge on any atom is -0.0298 e. The minimum atomic E-state index is 0.576. The maximum atomic E-state index is 2.58. The molecule has 0 aliphatic heterocycles. The van der Waals surface area contributed by atoms with Crippen LogP contribution in [0.15, 0.2) is 0 Å². The van der Waals surface area contributed by atoms with Crippen LogP contribution in [0, 0.1) is 28.1 Å². The van der Waals surface area contributed by atoms with E-state index in [2.05, 4.69) is 41.5 Å². The molecule has 0 aromatic carbocycles. The van der Waals surface area contributed by atoms with E-state index in [1.165, 1.54) is 51.4 Å². The monoisotopic (exact) mass is 294 g/mol. The molecule has 2 fully saturated rings. The van der Waals surface area contributed by atoms with Gasteiger partial charge in [0.05, 0.1) is 0 Å². The second-order valence-electron chi connectivity index (χ2n) is 9.70. The highest BCUT2D eigenvalue weighted by Crippen LogP contribution is 2.53. The first-order chi connectivity index (χ1) is 9.62. The Balaban J connectivity index is 0.00000106. The fourth-order valence-electron chi connectivity index (χ4n) is 4.62. The summed E-state index contributed by atoms with van der Waals surface area (Å²) in [5.74, 6) is 1.96. The molecule has 0 aromatic rings. The van der Waals surface area contributed by atoms with Gasteiger partial charge < -0.3 is 0 Å². The third-order valence-electron chi connectivity index (χ3n) is 6.78. The van der Waals surface area contributed by atoms with E-state index in [1.54, 1.807) is 0 Å². The van der Waals surface area contributed by atoms with Crippen molar-refractivity contribution < 1.29 is 0 Å². The van der Waals surface area contributed by atoms with Crippen LogP contribution in [0.2, 0.25) is 0 Å². The first-order valence-electron chi connectivity index (χ1n) is 9.62. The van der Waals surface area contributed by atoms with Crippen molar-refractivity contribution in [3.05, 3.63) is 0 Å². The van der Waals surface area contributed by atoms with Gasteiger partial charge in [0.1, 0.15) is 0 Å². The summed E-state index contributed by atoms with van der Waals surface area (Å²) in [6.07, 6.45) is 11.7. The van der Waals surface area contributed by atoms with Crippen molar-refractivity contribution in [1.82, 2.24) is 0 Å². The van der Waals surface area contributed by atoms with Crippen molar-refractivity contribution in [1.29, 1.82) is 0 Å². The quantitative estimate of drug-likeness (QED) is 0.495. The lowest BCUT2D eigenvalue weighted by molar-refractivity contribution is 0.0148. The molecule has 2 aliphatic carbocycles. The van der Waals surface area contributed by atoms with E-state index in [1.807, 2.05) is 13.8 Å². The zero-order chi connectivity index (χ0) is 16.3. The van der Waals surface area contributed by atoms with Crippen LogP contribution in [0.25, 0.3) is 0 Å². The van der Waals surface area contributed by atoms with Gasteiger partial charge in [0.25, 0.3) is 0 Å². The van der Waals surface area contributed by atoms with Crippen molar-refractivity contribution in [2.75, 3.05) is 0 Å². The molecule has 0 radical (unpaired) electrons. The van der Waals surface area contributed by atoms with Gasteiger partial charge in [-0.15, -0.1) is 0 Å². The topological polar surface area (TPSA) is 0 Å². The fraction of sp³-hybridized carbons (Fsp3) is 1.00. The van der Waals surface area contributed by atoms with Crippen molar-refractivity contribution in [2.24, 2.45) is 28.1 Å². The maximum absolute atomic E-state index is 2.58. The summed E-state index contributed by atoms with van der Waals surface area (Å²) in [5.41, 5.74) is 1.80. The summed E-state index contributed by atoms with van der Waals surface area (Å²) in [4.78, 5) is 0. The molecule has 0 nitrogen and oxygen atoms in total. The Labute approximate surface area is 135 Å². The molecule has 0 spiro atoms. The van der Waals surface area contributed by atoms with Crippen LogP contribution in [0.5, 0.6) is 0 Å². The summed E-state index contributed by atoms with van der Waals surface area (Å²) in [6.45, 7) is 19.0. The molecule has 0 unspecified atom stereocenters. The highest BCUT2D eigenvalue weighted by Gasteiger charge is 2.42. The first-order valence-corrected chi connectivity index (χ1v) is 9.62. The van der Waals surface area contributed by atoms with Gasteiger partial charge in [-0.1, -0.05) is 55.4 Å². The Morgan fingerprint density at radius 3 is 1.10 bits per heavy atom. The lowest BCUT2D eigenvalue weighted by atomic mass is 9.56. The average molecular weight is 295 g/mol. The normalized spacial score (nSPS) is 26.9. The molecule has 2 rings (SSSR count). The lowest BCUT2D eigenvalue weighted by Crippen LogP contribution is -2.39. The Kier molecular flexibility index (Phi) is 6.40. The van der Waals surface area contributed by atoms with Gasteiger partial charge in [-0.3, -0.25) is 0 Å². The van der Waals surface area contributed by atoms with E-state index < -0.39 is 0 Å². The molecule has 0 atom stereocenters. The minimum Gasteiger partial charge on any atom is -0.0683 e. The van der Waals surface area contributed by atoms with Crippen LogP contribution in [0.4, 0.5) is 0 Å². The highest BCUT2D eigenvalue weighted by atomic mass is 14.5. The summed E-state index contributed by atoms with van der Waals surface area (Å²) >= 11 is 0. The molecule has 0 heterocycles. The van der Waals surface area contributed by atoms with Crippen LogP contribution < -0.4 is 0 Å². The average Bonchev–Trinajstić information content (AvgIpc) is 2.40. The number of rotatable bonds is 2. The van der Waals surface area contributed by atoms with E-state index in [9.17, 15) is 0 Å². The lowest BCUT2D eigenvalue weighted by Gasteiger charge is -2.49. The van der Waals surface area contributed by atoms with Crippen LogP contribution in [0.3, 0.4) is 0 Å². The Morgan fingerprint density at radius 2 is 0.857 bits per heavy atom. The second kappa shape index (κ2) is 7.05. The van der Waals surface area contributed by atoms with E-state index in [4.69, 9.17) is 0 Å². The molecule has 0 bridgehead atoms. The summed E-state index contributed by atoms with van der Waals surface area (Å²) in [5, 5.41) is 0. The van der Waals surface area contributed by atoms with Crippen molar-refractivity contribution in [3.63, 3.8) is 0 Å². The Hall–Kier alpha value is 0. The van der Waals surface area contributed by atoms with Crippen LogP contribution >= 0.6 is 0 Å². The zero-order valence-corrected chi connectivity index (χ0v) is 16.3. The molecule has 2 saturated carbocycles. The van der Waals surface area contributed by atoms with Crippen molar-refractivity contribution in [3.8, 4) is 0 Å². The molecule has 0 heteroatoms. The third-order valence-corrected chi connectivity index (χ3v) is 6.78. The first kappa shape index (κ1) is 19.0. The van der Waals surface area contributed by atoms with Crippen LogP contribution in [0.1, 0.15) is 107 Å². The van der Waals surface area contributed by atoms with E-state index in [-0.39, 0.29) is 0 Å². The van der Waals surface area contributed by atoms with Crippen LogP contribution in [-0.4, -0.2) is 0 Å². The number of hydrogen-bond acceptors (Lipinski definition) is 0. The predicted molar refractivity (Wildman–Crippen MR) is 96.6 cm³/mol. The molecule has 21 heavy (non-hydrogen) atoms. The molecule has 0 saturated heterocycles. The Morgan fingerprint density at radius 1 is 0.619 bits per heavy atom.